The van der Waals surface area contributed by atoms with E-state index in [1.807, 2.05) is 25.3 Å². The van der Waals surface area contributed by atoms with Crippen LogP contribution in [0.25, 0.3) is 0 Å². The second kappa shape index (κ2) is 6.06. The number of methoxy groups -OCH3 is 2. The van der Waals surface area contributed by atoms with Crippen molar-refractivity contribution in [3.63, 3.8) is 0 Å². The Kier molecular flexibility index (Phi) is 3.88. The third-order valence-electron chi connectivity index (χ3n) is 5.29. The van der Waals surface area contributed by atoms with Gasteiger partial charge in [-0.25, -0.2) is 9.97 Å². The van der Waals surface area contributed by atoms with Crippen LogP contribution in [0.3, 0.4) is 0 Å². The first-order valence-corrected chi connectivity index (χ1v) is 8.48. The summed E-state index contributed by atoms with van der Waals surface area (Å²) in [6.07, 6.45) is 5.43. The van der Waals surface area contributed by atoms with Gasteiger partial charge in [0.05, 0.1) is 19.9 Å². The van der Waals surface area contributed by atoms with Crippen LogP contribution in [0.5, 0.6) is 11.5 Å². The lowest BCUT2D eigenvalue weighted by Gasteiger charge is -2.36. The summed E-state index contributed by atoms with van der Waals surface area (Å²) in [5, 5.41) is 0. The number of aryl methyl sites for hydroxylation is 1. The fraction of sp³-hybridized carbons (Fsp3) is 0.474. The standard InChI is InChI=1S/C19H23N3O2/c1-12-20-10-16-17(21-12)9-14-4-6-18(16)22(14)11-13-8-15(23-2)5-7-19(13)24-3/h5,7-8,10,14,18H,4,6,9,11H2,1-3H3/t14-,18+/m1/s1. The molecule has 126 valence electrons. The minimum atomic E-state index is 0.412. The third kappa shape index (κ3) is 2.53. The van der Waals surface area contributed by atoms with E-state index in [0.717, 1.165) is 30.3 Å². The lowest BCUT2D eigenvalue weighted by atomic mass is 9.98. The van der Waals surface area contributed by atoms with Crippen LogP contribution in [0.4, 0.5) is 0 Å². The van der Waals surface area contributed by atoms with Crippen molar-refractivity contribution in [2.45, 2.75) is 44.8 Å². The highest BCUT2D eigenvalue weighted by Gasteiger charge is 2.40. The number of hydrogen-bond donors (Lipinski definition) is 0. The molecule has 2 bridgehead atoms. The Balaban J connectivity index is 1.66. The molecule has 0 N–H and O–H groups in total. The zero-order chi connectivity index (χ0) is 16.7. The summed E-state index contributed by atoms with van der Waals surface area (Å²) in [7, 11) is 3.42. The second-order valence-corrected chi connectivity index (χ2v) is 6.62. The van der Waals surface area contributed by atoms with Crippen molar-refractivity contribution < 1.29 is 9.47 Å². The van der Waals surface area contributed by atoms with Crippen molar-refractivity contribution in [2.75, 3.05) is 14.2 Å². The molecule has 1 saturated heterocycles. The van der Waals surface area contributed by atoms with E-state index < -0.39 is 0 Å². The summed E-state index contributed by atoms with van der Waals surface area (Å²) in [5.74, 6) is 2.66. The van der Waals surface area contributed by atoms with Gasteiger partial charge in [0.25, 0.3) is 0 Å². The van der Waals surface area contributed by atoms with Gasteiger partial charge in [-0.2, -0.15) is 0 Å². The Morgan fingerprint density at radius 1 is 1.21 bits per heavy atom. The van der Waals surface area contributed by atoms with Crippen LogP contribution in [-0.2, 0) is 13.0 Å². The maximum Gasteiger partial charge on any atom is 0.125 e. The first kappa shape index (κ1) is 15.4. The number of hydrogen-bond acceptors (Lipinski definition) is 5. The fourth-order valence-corrected chi connectivity index (χ4v) is 4.12. The molecule has 3 heterocycles. The lowest BCUT2D eigenvalue weighted by Crippen LogP contribution is -2.37. The number of nitrogens with zero attached hydrogens (tertiary/aromatic N) is 3. The molecular formula is C19H23N3O2. The maximum atomic E-state index is 5.56. The second-order valence-electron chi connectivity index (χ2n) is 6.62. The molecule has 0 amide bonds. The van der Waals surface area contributed by atoms with Gasteiger partial charge in [-0.1, -0.05) is 0 Å². The number of ether oxygens (including phenoxy) is 2. The molecule has 1 aromatic heterocycles. The van der Waals surface area contributed by atoms with Gasteiger partial charge in [-0.05, 0) is 38.0 Å². The van der Waals surface area contributed by atoms with Gasteiger partial charge in [0.1, 0.15) is 17.3 Å². The van der Waals surface area contributed by atoms with E-state index in [1.165, 1.54) is 29.7 Å². The molecule has 1 fully saturated rings. The highest BCUT2D eigenvalue weighted by Crippen LogP contribution is 2.44. The molecule has 5 heteroatoms. The summed E-state index contributed by atoms with van der Waals surface area (Å²) in [5.41, 5.74) is 3.71. The summed E-state index contributed by atoms with van der Waals surface area (Å²) < 4.78 is 10.9. The van der Waals surface area contributed by atoms with Crippen molar-refractivity contribution in [3.05, 3.63) is 47.0 Å². The number of rotatable bonds is 4. The maximum absolute atomic E-state index is 5.56. The van der Waals surface area contributed by atoms with E-state index in [2.05, 4.69) is 20.9 Å². The molecule has 0 spiro atoms. The molecule has 4 rings (SSSR count). The molecule has 2 atom stereocenters. The predicted octanol–water partition coefficient (Wildman–Crippen LogP) is 3.06. The molecule has 0 unspecified atom stereocenters. The average molecular weight is 325 g/mol. The van der Waals surface area contributed by atoms with Crippen molar-refractivity contribution >= 4 is 0 Å². The first-order chi connectivity index (χ1) is 11.7. The Morgan fingerprint density at radius 3 is 2.88 bits per heavy atom. The SMILES string of the molecule is COc1ccc(OC)c(CN2[C@@H]3CC[C@H]2c2cnc(C)nc2C3)c1. The molecule has 1 aromatic carbocycles. The topological polar surface area (TPSA) is 47.5 Å². The molecule has 0 radical (unpaired) electrons. The third-order valence-corrected chi connectivity index (χ3v) is 5.29. The van der Waals surface area contributed by atoms with Gasteiger partial charge in [0, 0.05) is 42.4 Å². The zero-order valence-corrected chi connectivity index (χ0v) is 14.5. The van der Waals surface area contributed by atoms with Crippen molar-refractivity contribution in [1.29, 1.82) is 0 Å². The zero-order valence-electron chi connectivity index (χ0n) is 14.5. The Bertz CT molecular complexity index is 762. The number of benzene rings is 1. The molecule has 2 aliphatic heterocycles. The van der Waals surface area contributed by atoms with E-state index in [0.29, 0.717) is 12.1 Å². The van der Waals surface area contributed by atoms with Crippen LogP contribution in [0.2, 0.25) is 0 Å². The Hall–Kier alpha value is -2.14. The highest BCUT2D eigenvalue weighted by molar-refractivity contribution is 5.41. The van der Waals surface area contributed by atoms with Crippen molar-refractivity contribution in [1.82, 2.24) is 14.9 Å². The molecule has 0 saturated carbocycles. The van der Waals surface area contributed by atoms with Gasteiger partial charge in [-0.15, -0.1) is 0 Å². The predicted molar refractivity (Wildman–Crippen MR) is 91.3 cm³/mol. The number of aromatic nitrogens is 2. The van der Waals surface area contributed by atoms with Crippen molar-refractivity contribution in [3.8, 4) is 11.5 Å². The summed E-state index contributed by atoms with van der Waals surface area (Å²) in [4.78, 5) is 11.7. The summed E-state index contributed by atoms with van der Waals surface area (Å²) in [6.45, 7) is 2.83. The molecular weight excluding hydrogens is 302 g/mol. The smallest absolute Gasteiger partial charge is 0.125 e. The van der Waals surface area contributed by atoms with E-state index in [1.54, 1.807) is 14.2 Å². The van der Waals surface area contributed by atoms with Crippen LogP contribution < -0.4 is 9.47 Å². The molecule has 24 heavy (non-hydrogen) atoms. The molecule has 0 aliphatic carbocycles. The van der Waals surface area contributed by atoms with Crippen LogP contribution >= 0.6 is 0 Å². The van der Waals surface area contributed by atoms with E-state index in [4.69, 9.17) is 9.47 Å². The van der Waals surface area contributed by atoms with E-state index in [-0.39, 0.29) is 0 Å². The molecule has 2 aliphatic rings. The van der Waals surface area contributed by atoms with Crippen LogP contribution in [0.1, 0.15) is 41.5 Å². The quantitative estimate of drug-likeness (QED) is 0.864. The Morgan fingerprint density at radius 2 is 2.08 bits per heavy atom. The summed E-state index contributed by atoms with van der Waals surface area (Å²) >= 11 is 0. The van der Waals surface area contributed by atoms with Gasteiger partial charge in [0.2, 0.25) is 0 Å². The monoisotopic (exact) mass is 325 g/mol. The highest BCUT2D eigenvalue weighted by atomic mass is 16.5. The summed E-state index contributed by atoms with van der Waals surface area (Å²) in [6, 6.07) is 6.97. The van der Waals surface area contributed by atoms with Gasteiger partial charge in [0.15, 0.2) is 0 Å². The number of fused-ring (bicyclic) bond motifs is 4. The van der Waals surface area contributed by atoms with Crippen LogP contribution in [-0.4, -0.2) is 35.1 Å². The fourth-order valence-electron chi connectivity index (χ4n) is 4.12. The molecule has 2 aromatic rings. The molecule has 5 nitrogen and oxygen atoms in total. The minimum absolute atomic E-state index is 0.412. The van der Waals surface area contributed by atoms with Crippen molar-refractivity contribution in [2.24, 2.45) is 0 Å². The largest absolute Gasteiger partial charge is 0.497 e. The Labute approximate surface area is 142 Å². The van der Waals surface area contributed by atoms with Gasteiger partial charge >= 0.3 is 0 Å². The normalized spacial score (nSPS) is 22.3. The average Bonchev–Trinajstić information content (AvgIpc) is 2.87. The van der Waals surface area contributed by atoms with E-state index in [9.17, 15) is 0 Å². The first-order valence-electron chi connectivity index (χ1n) is 8.48. The van der Waals surface area contributed by atoms with Gasteiger partial charge < -0.3 is 9.47 Å². The van der Waals surface area contributed by atoms with Gasteiger partial charge in [-0.3, -0.25) is 4.90 Å². The lowest BCUT2D eigenvalue weighted by molar-refractivity contribution is 0.164. The van der Waals surface area contributed by atoms with Crippen LogP contribution in [0.15, 0.2) is 24.4 Å². The van der Waals surface area contributed by atoms with E-state index >= 15 is 0 Å². The van der Waals surface area contributed by atoms with Crippen LogP contribution in [0, 0.1) is 6.92 Å². The minimum Gasteiger partial charge on any atom is -0.497 e.